The third-order valence-corrected chi connectivity index (χ3v) is 7.41. The van der Waals surface area contributed by atoms with E-state index in [1.807, 2.05) is 38.1 Å². The minimum absolute atomic E-state index is 0.0113. The van der Waals surface area contributed by atoms with E-state index in [-0.39, 0.29) is 24.3 Å². The van der Waals surface area contributed by atoms with Gasteiger partial charge in [-0.25, -0.2) is 4.79 Å². The van der Waals surface area contributed by atoms with Crippen LogP contribution in [0.4, 0.5) is 4.79 Å². The summed E-state index contributed by atoms with van der Waals surface area (Å²) in [6.45, 7) is 17.0. The Labute approximate surface area is 208 Å². The first-order valence-electron chi connectivity index (χ1n) is 13.0. The number of pyridine rings is 1. The molecule has 1 aromatic heterocycles. The minimum atomic E-state index is -1.17. The number of hydrogen-bond acceptors (Lipinski definition) is 4. The van der Waals surface area contributed by atoms with Crippen LogP contribution in [0.3, 0.4) is 0 Å². The molecule has 3 heterocycles. The van der Waals surface area contributed by atoms with Gasteiger partial charge in [0, 0.05) is 36.0 Å². The average Bonchev–Trinajstić information content (AvgIpc) is 3.28. The van der Waals surface area contributed by atoms with Crippen molar-refractivity contribution in [2.24, 2.45) is 5.41 Å². The van der Waals surface area contributed by atoms with E-state index in [1.165, 1.54) is 12.0 Å². The molecule has 0 radical (unpaired) electrons. The highest BCUT2D eigenvalue weighted by Gasteiger charge is 2.50. The molecule has 2 aliphatic rings. The van der Waals surface area contributed by atoms with E-state index in [9.17, 15) is 4.79 Å². The van der Waals surface area contributed by atoms with Gasteiger partial charge in [0.15, 0.2) is 9.04 Å². The molecule has 2 aliphatic heterocycles. The van der Waals surface area contributed by atoms with Crippen molar-refractivity contribution in [3.05, 3.63) is 29.6 Å². The van der Waals surface area contributed by atoms with Gasteiger partial charge in [0.25, 0.3) is 0 Å². The van der Waals surface area contributed by atoms with Gasteiger partial charge in [0.1, 0.15) is 11.7 Å². The van der Waals surface area contributed by atoms with Crippen molar-refractivity contribution < 1.29 is 14.0 Å². The second kappa shape index (κ2) is 10.8. The summed E-state index contributed by atoms with van der Waals surface area (Å²) in [7, 11) is -1.17. The number of hydrogen-bond donors (Lipinski definition) is 0. The molecule has 3 rings (SSSR count). The number of amides is 1. The molecule has 4 atom stereocenters. The van der Waals surface area contributed by atoms with E-state index >= 15 is 0 Å². The summed E-state index contributed by atoms with van der Waals surface area (Å²) in [6, 6.07) is 2.61. The standard InChI is InChI=1S/C28H44N2O3Si/c1-27(2,3)15-9-10-23(33-34(7)8)13-11-20-16-21(19-29-18-20)24-17-22-12-14-25(24)30(22)26(31)32-28(4,5)6/h16,18-19,22-25,34H,9-10,12,14-15,17H2,1-8H3/t22-,23?,24+,25+/m0/s1. The molecule has 0 N–H and O–H groups in total. The van der Waals surface area contributed by atoms with E-state index in [1.54, 1.807) is 0 Å². The Morgan fingerprint density at radius 3 is 2.59 bits per heavy atom. The fraction of sp³-hybridized carbons (Fsp3) is 0.714. The van der Waals surface area contributed by atoms with Gasteiger partial charge in [0.2, 0.25) is 0 Å². The van der Waals surface area contributed by atoms with Crippen molar-refractivity contribution >= 4 is 15.1 Å². The van der Waals surface area contributed by atoms with Crippen LogP contribution in [-0.2, 0) is 9.16 Å². The lowest BCUT2D eigenvalue weighted by molar-refractivity contribution is 0.0213. The number of carbonyl (C=O) groups excluding carboxylic acids is 1. The van der Waals surface area contributed by atoms with Gasteiger partial charge in [-0.3, -0.25) is 4.98 Å². The third-order valence-electron chi connectivity index (χ3n) is 6.54. The first-order chi connectivity index (χ1) is 15.8. The monoisotopic (exact) mass is 484 g/mol. The molecule has 0 saturated carbocycles. The number of fused-ring (bicyclic) bond motifs is 2. The smallest absolute Gasteiger partial charge is 0.410 e. The Hall–Kier alpha value is -1.84. The molecule has 34 heavy (non-hydrogen) atoms. The van der Waals surface area contributed by atoms with Crippen molar-refractivity contribution in [1.29, 1.82) is 0 Å². The summed E-state index contributed by atoms with van der Waals surface area (Å²) in [5.74, 6) is 7.04. The third kappa shape index (κ3) is 7.58. The molecular formula is C28H44N2O3Si. The largest absolute Gasteiger partial charge is 0.444 e. The normalized spacial score (nSPS) is 23.1. The molecule has 6 heteroatoms. The van der Waals surface area contributed by atoms with Crippen LogP contribution in [-0.4, -0.2) is 48.8 Å². The molecular weight excluding hydrogens is 440 g/mol. The SMILES string of the molecule is C[SiH](C)OC(C#Cc1cncc([C@H]2C[C@@H]3CC[C@H]2N3C(=O)OC(C)(C)C)c1)CCCC(C)(C)C. The zero-order chi connectivity index (χ0) is 25.1. The Morgan fingerprint density at radius 1 is 1.21 bits per heavy atom. The molecule has 0 aliphatic carbocycles. The van der Waals surface area contributed by atoms with Crippen molar-refractivity contribution in [3.63, 3.8) is 0 Å². The van der Waals surface area contributed by atoms with E-state index in [2.05, 4.69) is 56.8 Å². The molecule has 2 bridgehead atoms. The van der Waals surface area contributed by atoms with E-state index < -0.39 is 14.6 Å². The van der Waals surface area contributed by atoms with Crippen LogP contribution in [0, 0.1) is 17.3 Å². The van der Waals surface area contributed by atoms with Crippen LogP contribution >= 0.6 is 0 Å². The number of rotatable bonds is 6. The van der Waals surface area contributed by atoms with Gasteiger partial charge < -0.3 is 14.1 Å². The lowest BCUT2D eigenvalue weighted by atomic mass is 9.84. The molecule has 0 spiro atoms. The predicted molar refractivity (Wildman–Crippen MR) is 140 cm³/mol. The van der Waals surface area contributed by atoms with E-state index in [0.29, 0.717) is 11.3 Å². The van der Waals surface area contributed by atoms with E-state index in [4.69, 9.17) is 9.16 Å². The summed E-state index contributed by atoms with van der Waals surface area (Å²) >= 11 is 0. The first kappa shape index (κ1) is 26.8. The Kier molecular flexibility index (Phi) is 8.52. The van der Waals surface area contributed by atoms with Crippen molar-refractivity contribution in [2.45, 2.75) is 123 Å². The summed E-state index contributed by atoms with van der Waals surface area (Å²) in [6.07, 6.45) is 9.91. The van der Waals surface area contributed by atoms with Crippen molar-refractivity contribution in [1.82, 2.24) is 9.88 Å². The van der Waals surface area contributed by atoms with Crippen molar-refractivity contribution in [2.75, 3.05) is 0 Å². The maximum absolute atomic E-state index is 12.8. The Balaban J connectivity index is 1.70. The second-order valence-electron chi connectivity index (χ2n) is 12.4. The molecule has 1 amide bonds. The van der Waals surface area contributed by atoms with Crippen LogP contribution in [0.5, 0.6) is 0 Å². The number of ether oxygens (including phenoxy) is 1. The maximum atomic E-state index is 12.8. The van der Waals surface area contributed by atoms with Crippen molar-refractivity contribution in [3.8, 4) is 11.8 Å². The highest BCUT2D eigenvalue weighted by atomic mass is 28.3. The fourth-order valence-corrected chi connectivity index (χ4v) is 6.02. The van der Waals surface area contributed by atoms with Crippen LogP contribution < -0.4 is 0 Å². The highest BCUT2D eigenvalue weighted by molar-refractivity contribution is 6.48. The molecule has 0 aromatic carbocycles. The number of nitrogens with zero attached hydrogens (tertiary/aromatic N) is 2. The van der Waals surface area contributed by atoms with Crippen LogP contribution in [0.2, 0.25) is 13.1 Å². The zero-order valence-electron chi connectivity index (χ0n) is 22.5. The van der Waals surface area contributed by atoms with Gasteiger partial charge in [-0.2, -0.15) is 0 Å². The van der Waals surface area contributed by atoms with Gasteiger partial charge in [-0.05, 0) is 89.4 Å². The topological polar surface area (TPSA) is 51.7 Å². The quantitative estimate of drug-likeness (QED) is 0.352. The van der Waals surface area contributed by atoms with Crippen LogP contribution in [0.15, 0.2) is 18.5 Å². The number of aromatic nitrogens is 1. The molecule has 1 unspecified atom stereocenters. The van der Waals surface area contributed by atoms with Gasteiger partial charge >= 0.3 is 6.09 Å². The van der Waals surface area contributed by atoms with Crippen LogP contribution in [0.25, 0.3) is 0 Å². The predicted octanol–water partition coefficient (Wildman–Crippen LogP) is 6.27. The Bertz CT molecular complexity index is 907. The Morgan fingerprint density at radius 2 is 1.94 bits per heavy atom. The zero-order valence-corrected chi connectivity index (χ0v) is 23.6. The average molecular weight is 485 g/mol. The summed E-state index contributed by atoms with van der Waals surface area (Å²) in [5.41, 5.74) is 1.96. The molecule has 2 fully saturated rings. The van der Waals surface area contributed by atoms with Crippen LogP contribution in [0.1, 0.15) is 97.1 Å². The van der Waals surface area contributed by atoms with Gasteiger partial charge in [-0.1, -0.05) is 32.6 Å². The fourth-order valence-electron chi connectivity index (χ4n) is 5.16. The molecule has 188 valence electrons. The maximum Gasteiger partial charge on any atom is 0.410 e. The molecule has 5 nitrogen and oxygen atoms in total. The summed E-state index contributed by atoms with van der Waals surface area (Å²) < 4.78 is 11.9. The summed E-state index contributed by atoms with van der Waals surface area (Å²) in [5, 5.41) is 0. The lowest BCUT2D eigenvalue weighted by Crippen LogP contribution is -2.40. The minimum Gasteiger partial charge on any atom is -0.444 e. The summed E-state index contributed by atoms with van der Waals surface area (Å²) in [4.78, 5) is 19.3. The van der Waals surface area contributed by atoms with Gasteiger partial charge in [-0.15, -0.1) is 0 Å². The second-order valence-corrected chi connectivity index (χ2v) is 14.8. The first-order valence-corrected chi connectivity index (χ1v) is 15.7. The molecule has 2 saturated heterocycles. The lowest BCUT2D eigenvalue weighted by Gasteiger charge is -2.28. The van der Waals surface area contributed by atoms with Gasteiger partial charge in [0.05, 0.1) is 0 Å². The number of carbonyl (C=O) groups is 1. The van der Waals surface area contributed by atoms with E-state index in [0.717, 1.165) is 37.7 Å². The molecule has 1 aromatic rings. The highest BCUT2D eigenvalue weighted by Crippen LogP contribution is 2.47.